The van der Waals surface area contributed by atoms with Crippen LogP contribution in [0.5, 0.6) is 0 Å². The van der Waals surface area contributed by atoms with Gasteiger partial charge in [0.15, 0.2) is 5.78 Å². The highest BCUT2D eigenvalue weighted by Crippen LogP contribution is 2.37. The van der Waals surface area contributed by atoms with E-state index in [9.17, 15) is 15.0 Å². The average molecular weight is 210 g/mol. The number of ketones is 1. The van der Waals surface area contributed by atoms with Gasteiger partial charge in [0.2, 0.25) is 0 Å². The molecule has 2 fully saturated rings. The third-order valence-electron chi connectivity index (χ3n) is 2.64. The summed E-state index contributed by atoms with van der Waals surface area (Å²) >= 11 is 0. The van der Waals surface area contributed by atoms with Gasteiger partial charge >= 0.3 is 0 Å². The quantitative estimate of drug-likeness (QED) is 0.470. The molecule has 4 nitrogen and oxygen atoms in total. The van der Waals surface area contributed by atoms with E-state index in [1.54, 1.807) is 12.2 Å². The van der Waals surface area contributed by atoms with Crippen LogP contribution >= 0.6 is 0 Å². The largest absolute Gasteiger partial charge is 0.387 e. The van der Waals surface area contributed by atoms with Crippen molar-refractivity contribution in [3.63, 3.8) is 0 Å². The molecule has 0 radical (unpaired) electrons. The molecule has 1 heterocycles. The van der Waals surface area contributed by atoms with Crippen molar-refractivity contribution in [1.29, 1.82) is 0 Å². The van der Waals surface area contributed by atoms with E-state index in [4.69, 9.17) is 4.74 Å². The minimum Gasteiger partial charge on any atom is -0.387 e. The number of aliphatic hydroxyl groups is 2. The maximum absolute atomic E-state index is 11.6. The second-order valence-corrected chi connectivity index (χ2v) is 4.19. The molecule has 2 N–H and O–H groups in total. The number of carbonyl (C=O) groups is 1. The van der Waals surface area contributed by atoms with Crippen molar-refractivity contribution >= 4 is 5.78 Å². The second-order valence-electron chi connectivity index (χ2n) is 4.19. The molecule has 1 aliphatic carbocycles. The first-order valence-corrected chi connectivity index (χ1v) is 4.93. The van der Waals surface area contributed by atoms with Crippen LogP contribution < -0.4 is 0 Å². The van der Waals surface area contributed by atoms with Gasteiger partial charge in [0, 0.05) is 5.57 Å². The Balaban J connectivity index is 2.25. The van der Waals surface area contributed by atoms with Gasteiger partial charge in [0.05, 0.1) is 0 Å². The van der Waals surface area contributed by atoms with Crippen LogP contribution in [-0.4, -0.2) is 40.4 Å². The maximum Gasteiger partial charge on any atom is 0.193 e. The van der Waals surface area contributed by atoms with Crippen LogP contribution in [0.4, 0.5) is 0 Å². The normalized spacial score (nSPS) is 41.3. The van der Waals surface area contributed by atoms with Crippen LogP contribution in [0.1, 0.15) is 13.8 Å². The predicted molar refractivity (Wildman–Crippen MR) is 53.2 cm³/mol. The number of epoxide rings is 1. The van der Waals surface area contributed by atoms with Gasteiger partial charge in [0.25, 0.3) is 0 Å². The Labute approximate surface area is 87.9 Å². The minimum absolute atomic E-state index is 0.213. The van der Waals surface area contributed by atoms with Crippen molar-refractivity contribution in [3.8, 4) is 0 Å². The van der Waals surface area contributed by atoms with Crippen molar-refractivity contribution < 1.29 is 19.7 Å². The van der Waals surface area contributed by atoms with Crippen LogP contribution in [0.15, 0.2) is 23.3 Å². The molecule has 0 bridgehead atoms. The summed E-state index contributed by atoms with van der Waals surface area (Å²) in [5, 5.41) is 19.2. The van der Waals surface area contributed by atoms with E-state index in [1.807, 2.05) is 13.8 Å². The van der Waals surface area contributed by atoms with Crippen molar-refractivity contribution in [2.24, 2.45) is 0 Å². The Morgan fingerprint density at radius 2 is 2.07 bits per heavy atom. The molecule has 15 heavy (non-hydrogen) atoms. The molecule has 0 spiro atoms. The average Bonchev–Trinajstić information content (AvgIpc) is 2.94. The third kappa shape index (κ3) is 1.76. The smallest absolute Gasteiger partial charge is 0.193 e. The van der Waals surface area contributed by atoms with E-state index in [-0.39, 0.29) is 11.4 Å². The molecule has 4 heteroatoms. The fourth-order valence-electron chi connectivity index (χ4n) is 1.71. The Kier molecular flexibility index (Phi) is 2.50. The zero-order chi connectivity index (χ0) is 11.2. The Hall–Kier alpha value is -0.970. The topological polar surface area (TPSA) is 70.1 Å². The summed E-state index contributed by atoms with van der Waals surface area (Å²) in [4.78, 5) is 11.6. The van der Waals surface area contributed by atoms with Gasteiger partial charge in [-0.1, -0.05) is 17.7 Å². The molecule has 2 rings (SSSR count). The van der Waals surface area contributed by atoms with E-state index in [0.717, 1.165) is 5.57 Å². The first kappa shape index (κ1) is 10.5. The lowest BCUT2D eigenvalue weighted by atomic mass is 9.88. The van der Waals surface area contributed by atoms with Crippen LogP contribution in [0.2, 0.25) is 0 Å². The van der Waals surface area contributed by atoms with E-state index < -0.39 is 24.4 Å². The first-order valence-electron chi connectivity index (χ1n) is 4.93. The summed E-state index contributed by atoms with van der Waals surface area (Å²) in [7, 11) is 0. The Morgan fingerprint density at radius 1 is 1.40 bits per heavy atom. The molecule has 1 saturated carbocycles. The number of ether oxygens (including phenoxy) is 1. The summed E-state index contributed by atoms with van der Waals surface area (Å²) in [6.07, 6.45) is 0.146. The Bertz CT molecular complexity index is 352. The lowest BCUT2D eigenvalue weighted by molar-refractivity contribution is -0.119. The van der Waals surface area contributed by atoms with E-state index in [1.165, 1.54) is 0 Å². The molecule has 4 unspecified atom stereocenters. The van der Waals surface area contributed by atoms with Crippen LogP contribution in [0.3, 0.4) is 0 Å². The molecule has 2 aliphatic rings. The predicted octanol–water partition coefficient (Wildman–Crippen LogP) is -0.0491. The zero-order valence-electron chi connectivity index (χ0n) is 8.68. The number of carbonyl (C=O) groups excluding carboxylic acids is 1. The first-order chi connectivity index (χ1) is 7.02. The minimum atomic E-state index is -1.13. The van der Waals surface area contributed by atoms with E-state index >= 15 is 0 Å². The van der Waals surface area contributed by atoms with Gasteiger partial charge in [-0.05, 0) is 13.8 Å². The molecular formula is C11H14O4. The van der Waals surface area contributed by atoms with Gasteiger partial charge in [-0.2, -0.15) is 0 Å². The number of Topliss-reactive ketones (excluding diaryl/α,β-unsaturated/α-hetero) is 1. The fourth-order valence-corrected chi connectivity index (χ4v) is 1.71. The monoisotopic (exact) mass is 210 g/mol. The lowest BCUT2D eigenvalue weighted by Crippen LogP contribution is -2.42. The van der Waals surface area contributed by atoms with E-state index in [0.29, 0.717) is 0 Å². The summed E-state index contributed by atoms with van der Waals surface area (Å²) in [6, 6.07) is 0. The molecule has 0 aromatic carbocycles. The van der Waals surface area contributed by atoms with Gasteiger partial charge < -0.3 is 14.9 Å². The summed E-state index contributed by atoms with van der Waals surface area (Å²) < 4.78 is 4.99. The van der Waals surface area contributed by atoms with Crippen LogP contribution in [0.25, 0.3) is 0 Å². The molecule has 1 saturated heterocycles. The number of fused-ring (bicyclic) bond motifs is 1. The summed E-state index contributed by atoms with van der Waals surface area (Å²) in [6.45, 7) is 3.78. The standard InChI is InChI=1S/C11H14O4/c1-5(2)3-4-6-7(12)9(14)11-10(15-11)8(6)13/h3-4,7,9-12,14H,1-2H3. The summed E-state index contributed by atoms with van der Waals surface area (Å²) in [5.41, 5.74) is 1.26. The molecule has 0 amide bonds. The second kappa shape index (κ2) is 3.56. The summed E-state index contributed by atoms with van der Waals surface area (Å²) in [5.74, 6) is -0.213. The van der Waals surface area contributed by atoms with Crippen molar-refractivity contribution in [3.05, 3.63) is 23.3 Å². The number of rotatable bonds is 1. The van der Waals surface area contributed by atoms with Gasteiger partial charge in [-0.25, -0.2) is 0 Å². The Morgan fingerprint density at radius 3 is 2.67 bits per heavy atom. The van der Waals surface area contributed by atoms with Crippen molar-refractivity contribution in [2.75, 3.05) is 0 Å². The van der Waals surface area contributed by atoms with E-state index in [2.05, 4.69) is 0 Å². The third-order valence-corrected chi connectivity index (χ3v) is 2.64. The number of aliphatic hydroxyl groups excluding tert-OH is 2. The van der Waals surface area contributed by atoms with Gasteiger partial charge in [-0.3, -0.25) is 4.79 Å². The van der Waals surface area contributed by atoms with Gasteiger partial charge in [0.1, 0.15) is 24.4 Å². The highest BCUT2D eigenvalue weighted by molar-refractivity contribution is 6.03. The van der Waals surface area contributed by atoms with Crippen molar-refractivity contribution in [2.45, 2.75) is 38.3 Å². The highest BCUT2D eigenvalue weighted by atomic mass is 16.6. The highest BCUT2D eigenvalue weighted by Gasteiger charge is 2.57. The SMILES string of the molecule is CC(C)=CC=C1C(=O)C2OC2C(O)C1O. The molecule has 0 aromatic rings. The van der Waals surface area contributed by atoms with Crippen LogP contribution in [-0.2, 0) is 9.53 Å². The fraction of sp³-hybridized carbons (Fsp3) is 0.545. The molecule has 4 atom stereocenters. The number of allylic oxidation sites excluding steroid dienone is 3. The zero-order valence-corrected chi connectivity index (χ0v) is 8.68. The number of hydrogen-bond acceptors (Lipinski definition) is 4. The molecule has 1 aliphatic heterocycles. The number of hydrogen-bond donors (Lipinski definition) is 2. The molecule has 82 valence electrons. The molecular weight excluding hydrogens is 196 g/mol. The maximum atomic E-state index is 11.6. The molecule has 0 aromatic heterocycles. The lowest BCUT2D eigenvalue weighted by Gasteiger charge is -2.21. The van der Waals surface area contributed by atoms with Crippen LogP contribution in [0, 0.1) is 0 Å². The van der Waals surface area contributed by atoms with Crippen molar-refractivity contribution in [1.82, 2.24) is 0 Å². The van der Waals surface area contributed by atoms with Gasteiger partial charge in [-0.15, -0.1) is 0 Å².